The molecular weight excluding hydrogens is 184 g/mol. The van der Waals surface area contributed by atoms with Crippen LogP contribution in [-0.2, 0) is 5.41 Å². The summed E-state index contributed by atoms with van der Waals surface area (Å²) >= 11 is 0. The molecule has 0 amide bonds. The van der Waals surface area contributed by atoms with Crippen molar-refractivity contribution in [1.82, 2.24) is 9.38 Å². The topological polar surface area (TPSA) is 17.3 Å². The summed E-state index contributed by atoms with van der Waals surface area (Å²) in [6.07, 6.45) is 2.10. The molecule has 0 unspecified atom stereocenters. The molecule has 2 aromatic heterocycles. The second-order valence-corrected chi connectivity index (χ2v) is 5.18. The first-order chi connectivity index (χ1) is 6.91. The molecule has 80 valence electrons. The van der Waals surface area contributed by atoms with Crippen LogP contribution in [0.15, 0.2) is 18.3 Å². The van der Waals surface area contributed by atoms with Crippen LogP contribution >= 0.6 is 0 Å². The van der Waals surface area contributed by atoms with Crippen LogP contribution in [0, 0.1) is 13.8 Å². The molecule has 0 bridgehead atoms. The van der Waals surface area contributed by atoms with Gasteiger partial charge >= 0.3 is 0 Å². The van der Waals surface area contributed by atoms with E-state index in [-0.39, 0.29) is 5.41 Å². The van der Waals surface area contributed by atoms with Gasteiger partial charge in [-0.1, -0.05) is 26.8 Å². The molecule has 2 aromatic rings. The van der Waals surface area contributed by atoms with Crippen LogP contribution in [0.25, 0.3) is 5.65 Å². The van der Waals surface area contributed by atoms with Crippen molar-refractivity contribution in [3.63, 3.8) is 0 Å². The third-order valence-electron chi connectivity index (χ3n) is 2.73. The van der Waals surface area contributed by atoms with Crippen LogP contribution in [0.1, 0.15) is 37.7 Å². The van der Waals surface area contributed by atoms with Gasteiger partial charge in [0.15, 0.2) is 0 Å². The Morgan fingerprint density at radius 2 is 1.87 bits per heavy atom. The van der Waals surface area contributed by atoms with Crippen LogP contribution < -0.4 is 0 Å². The van der Waals surface area contributed by atoms with Crippen molar-refractivity contribution < 1.29 is 0 Å². The van der Waals surface area contributed by atoms with E-state index < -0.39 is 0 Å². The molecule has 0 saturated carbocycles. The lowest BCUT2D eigenvalue weighted by Crippen LogP contribution is -2.15. The number of hydrogen-bond acceptors (Lipinski definition) is 1. The monoisotopic (exact) mass is 202 g/mol. The molecule has 0 spiro atoms. The SMILES string of the molecule is Cc1nc2c(C)cccn2c1C(C)(C)C. The second-order valence-electron chi connectivity index (χ2n) is 5.18. The van der Waals surface area contributed by atoms with Crippen molar-refractivity contribution in [1.29, 1.82) is 0 Å². The lowest BCUT2D eigenvalue weighted by molar-refractivity contribution is 0.559. The molecule has 0 aliphatic heterocycles. The molecule has 2 heteroatoms. The Morgan fingerprint density at radius 3 is 2.47 bits per heavy atom. The first kappa shape index (κ1) is 10.2. The Kier molecular flexibility index (Phi) is 2.10. The molecule has 2 nitrogen and oxygen atoms in total. The quantitative estimate of drug-likeness (QED) is 0.641. The fraction of sp³-hybridized carbons (Fsp3) is 0.462. The third kappa shape index (κ3) is 1.54. The van der Waals surface area contributed by atoms with Gasteiger partial charge in [0.25, 0.3) is 0 Å². The van der Waals surface area contributed by atoms with Gasteiger partial charge in [-0.15, -0.1) is 0 Å². The zero-order valence-corrected chi connectivity index (χ0v) is 10.1. The summed E-state index contributed by atoms with van der Waals surface area (Å²) in [6, 6.07) is 4.19. The van der Waals surface area contributed by atoms with Crippen LogP contribution in [0.3, 0.4) is 0 Å². The zero-order valence-electron chi connectivity index (χ0n) is 10.1. The van der Waals surface area contributed by atoms with E-state index in [4.69, 9.17) is 0 Å². The lowest BCUT2D eigenvalue weighted by atomic mass is 9.91. The predicted octanol–water partition coefficient (Wildman–Crippen LogP) is 3.25. The number of rotatable bonds is 0. The first-order valence-corrected chi connectivity index (χ1v) is 5.36. The number of pyridine rings is 1. The molecule has 2 rings (SSSR count). The average Bonchev–Trinajstić information content (AvgIpc) is 2.41. The van der Waals surface area contributed by atoms with E-state index >= 15 is 0 Å². The maximum absolute atomic E-state index is 4.64. The minimum Gasteiger partial charge on any atom is -0.303 e. The van der Waals surface area contributed by atoms with E-state index in [9.17, 15) is 0 Å². The van der Waals surface area contributed by atoms with E-state index in [1.807, 2.05) is 0 Å². The highest BCUT2D eigenvalue weighted by Crippen LogP contribution is 2.27. The van der Waals surface area contributed by atoms with Crippen LogP contribution in [0.5, 0.6) is 0 Å². The van der Waals surface area contributed by atoms with Crippen molar-refractivity contribution >= 4 is 5.65 Å². The molecule has 0 saturated heterocycles. The van der Waals surface area contributed by atoms with Gasteiger partial charge in [-0.2, -0.15) is 0 Å². The minimum atomic E-state index is 0.136. The van der Waals surface area contributed by atoms with E-state index in [0.717, 1.165) is 11.3 Å². The van der Waals surface area contributed by atoms with Crippen LogP contribution in [0.2, 0.25) is 0 Å². The standard InChI is InChI=1S/C13H18N2/c1-9-7-6-8-15-11(13(3,4)5)10(2)14-12(9)15/h6-8H,1-5H3. The molecule has 0 radical (unpaired) electrons. The van der Waals surface area contributed by atoms with E-state index in [1.165, 1.54) is 11.3 Å². The normalized spacial score (nSPS) is 12.3. The van der Waals surface area contributed by atoms with Gasteiger partial charge in [0, 0.05) is 11.6 Å². The third-order valence-corrected chi connectivity index (χ3v) is 2.73. The molecule has 0 aromatic carbocycles. The fourth-order valence-electron chi connectivity index (χ4n) is 2.22. The molecule has 0 aliphatic carbocycles. The van der Waals surface area contributed by atoms with Gasteiger partial charge in [-0.25, -0.2) is 4.98 Å². The number of imidazole rings is 1. The van der Waals surface area contributed by atoms with Crippen molar-refractivity contribution in [2.75, 3.05) is 0 Å². The van der Waals surface area contributed by atoms with Gasteiger partial charge in [0.05, 0.1) is 11.4 Å². The predicted molar refractivity (Wildman–Crippen MR) is 63.4 cm³/mol. The molecular formula is C13H18N2. The van der Waals surface area contributed by atoms with Crippen molar-refractivity contribution in [3.8, 4) is 0 Å². The van der Waals surface area contributed by atoms with Crippen molar-refractivity contribution in [2.24, 2.45) is 0 Å². The highest BCUT2D eigenvalue weighted by Gasteiger charge is 2.22. The zero-order chi connectivity index (χ0) is 11.2. The number of fused-ring (bicyclic) bond motifs is 1. The molecule has 0 N–H and O–H groups in total. The highest BCUT2D eigenvalue weighted by atomic mass is 15.0. The number of nitrogens with zero attached hydrogens (tertiary/aromatic N) is 2. The van der Waals surface area contributed by atoms with E-state index in [0.29, 0.717) is 0 Å². The van der Waals surface area contributed by atoms with Gasteiger partial charge in [-0.3, -0.25) is 0 Å². The molecule has 0 atom stereocenters. The summed E-state index contributed by atoms with van der Waals surface area (Å²) in [5.74, 6) is 0. The molecule has 0 aliphatic rings. The molecule has 15 heavy (non-hydrogen) atoms. The highest BCUT2D eigenvalue weighted by molar-refractivity contribution is 5.51. The number of aryl methyl sites for hydroxylation is 2. The lowest BCUT2D eigenvalue weighted by Gasteiger charge is -2.19. The van der Waals surface area contributed by atoms with Crippen molar-refractivity contribution in [3.05, 3.63) is 35.3 Å². The van der Waals surface area contributed by atoms with E-state index in [2.05, 4.69) is 62.3 Å². The largest absolute Gasteiger partial charge is 0.303 e. The van der Waals surface area contributed by atoms with Gasteiger partial charge < -0.3 is 4.40 Å². The number of aromatic nitrogens is 2. The van der Waals surface area contributed by atoms with Crippen LogP contribution in [0.4, 0.5) is 0 Å². The Morgan fingerprint density at radius 1 is 1.20 bits per heavy atom. The Balaban J connectivity index is 2.86. The minimum absolute atomic E-state index is 0.136. The smallest absolute Gasteiger partial charge is 0.140 e. The molecule has 0 fully saturated rings. The number of hydrogen-bond donors (Lipinski definition) is 0. The second kappa shape index (κ2) is 3.09. The van der Waals surface area contributed by atoms with Gasteiger partial charge in [0.2, 0.25) is 0 Å². The van der Waals surface area contributed by atoms with Crippen LogP contribution in [-0.4, -0.2) is 9.38 Å². The summed E-state index contributed by atoms with van der Waals surface area (Å²) in [4.78, 5) is 4.64. The Labute approximate surface area is 91.0 Å². The Bertz CT molecular complexity index is 501. The average molecular weight is 202 g/mol. The summed E-state index contributed by atoms with van der Waals surface area (Å²) in [6.45, 7) is 10.9. The summed E-state index contributed by atoms with van der Waals surface area (Å²) in [5, 5.41) is 0. The maximum atomic E-state index is 4.64. The van der Waals surface area contributed by atoms with Gasteiger partial charge in [-0.05, 0) is 25.5 Å². The summed E-state index contributed by atoms with van der Waals surface area (Å²) in [5.41, 5.74) is 4.89. The summed E-state index contributed by atoms with van der Waals surface area (Å²) < 4.78 is 2.21. The fourth-order valence-corrected chi connectivity index (χ4v) is 2.22. The van der Waals surface area contributed by atoms with Crippen molar-refractivity contribution in [2.45, 2.75) is 40.0 Å². The first-order valence-electron chi connectivity index (χ1n) is 5.36. The van der Waals surface area contributed by atoms with E-state index in [1.54, 1.807) is 0 Å². The molecule has 2 heterocycles. The maximum Gasteiger partial charge on any atom is 0.140 e. The van der Waals surface area contributed by atoms with Gasteiger partial charge in [0.1, 0.15) is 5.65 Å². The summed E-state index contributed by atoms with van der Waals surface area (Å²) in [7, 11) is 0. The Hall–Kier alpha value is -1.31.